The molecule has 6 heteroatoms. The van der Waals surface area contributed by atoms with Crippen LogP contribution in [0, 0.1) is 0 Å². The molecule has 0 N–H and O–H groups in total. The number of ketones is 1. The van der Waals surface area contributed by atoms with Gasteiger partial charge in [0.05, 0.1) is 18.2 Å². The van der Waals surface area contributed by atoms with Crippen molar-refractivity contribution in [2.24, 2.45) is 0 Å². The summed E-state index contributed by atoms with van der Waals surface area (Å²) in [4.78, 5) is 24.9. The molecule has 1 aliphatic heterocycles. The molecule has 0 spiro atoms. The summed E-state index contributed by atoms with van der Waals surface area (Å²) in [6.45, 7) is 0. The summed E-state index contributed by atoms with van der Waals surface area (Å²) in [7, 11) is 1.56. The number of para-hydroxylation sites is 1. The van der Waals surface area contributed by atoms with E-state index in [-0.39, 0.29) is 17.3 Å². The van der Waals surface area contributed by atoms with Crippen LogP contribution in [-0.2, 0) is 0 Å². The number of fused-ring (bicyclic) bond motifs is 1. The number of esters is 1. The highest BCUT2D eigenvalue weighted by Crippen LogP contribution is 2.36. The maximum atomic E-state index is 12.6. The number of methoxy groups -OCH3 is 1. The zero-order valence-corrected chi connectivity index (χ0v) is 16.1. The Morgan fingerprint density at radius 3 is 2.55 bits per heavy atom. The van der Waals surface area contributed by atoms with Gasteiger partial charge >= 0.3 is 5.97 Å². The molecule has 5 nitrogen and oxygen atoms in total. The molecule has 0 saturated carbocycles. The first kappa shape index (κ1) is 18.8. The number of ether oxygens (including phenoxy) is 3. The number of rotatable bonds is 4. The maximum absolute atomic E-state index is 12.6. The topological polar surface area (TPSA) is 61.8 Å². The Hall–Kier alpha value is -3.57. The van der Waals surface area contributed by atoms with Gasteiger partial charge in [-0.1, -0.05) is 29.8 Å². The third kappa shape index (κ3) is 3.86. The molecule has 3 aromatic rings. The van der Waals surface area contributed by atoms with Crippen LogP contribution in [0.3, 0.4) is 0 Å². The second kappa shape index (κ2) is 7.81. The lowest BCUT2D eigenvalue weighted by Gasteiger charge is -2.06. The van der Waals surface area contributed by atoms with Crippen LogP contribution in [0.1, 0.15) is 26.3 Å². The average molecular weight is 407 g/mol. The second-order valence-electron chi connectivity index (χ2n) is 6.24. The lowest BCUT2D eigenvalue weighted by Crippen LogP contribution is -2.08. The quantitative estimate of drug-likeness (QED) is 0.339. The second-order valence-corrected chi connectivity index (χ2v) is 6.67. The van der Waals surface area contributed by atoms with Gasteiger partial charge in [-0.25, -0.2) is 4.79 Å². The number of benzene rings is 3. The molecule has 144 valence electrons. The number of carbonyl (C=O) groups is 2. The highest BCUT2D eigenvalue weighted by molar-refractivity contribution is 6.30. The van der Waals surface area contributed by atoms with Crippen LogP contribution >= 0.6 is 11.6 Å². The number of allylic oxidation sites excluding steroid dienone is 1. The number of carbonyl (C=O) groups excluding carboxylic acids is 2. The Kier molecular flexibility index (Phi) is 5.06. The lowest BCUT2D eigenvalue weighted by molar-refractivity contribution is 0.0734. The molecule has 1 heterocycles. The molecular weight excluding hydrogens is 392 g/mol. The van der Waals surface area contributed by atoms with Gasteiger partial charge in [0.2, 0.25) is 5.78 Å². The van der Waals surface area contributed by atoms with E-state index in [1.165, 1.54) is 6.07 Å². The zero-order valence-electron chi connectivity index (χ0n) is 15.3. The Bertz CT molecular complexity index is 1130. The van der Waals surface area contributed by atoms with Crippen molar-refractivity contribution in [3.05, 3.63) is 94.2 Å². The molecule has 0 aromatic heterocycles. The van der Waals surface area contributed by atoms with Crippen LogP contribution < -0.4 is 14.2 Å². The van der Waals surface area contributed by atoms with E-state index in [0.29, 0.717) is 27.6 Å². The highest BCUT2D eigenvalue weighted by atomic mass is 35.5. The van der Waals surface area contributed by atoms with E-state index in [1.807, 2.05) is 18.2 Å². The van der Waals surface area contributed by atoms with E-state index in [1.54, 1.807) is 55.7 Å². The van der Waals surface area contributed by atoms with Gasteiger partial charge in [-0.15, -0.1) is 0 Å². The first-order chi connectivity index (χ1) is 14.0. The fourth-order valence-electron chi connectivity index (χ4n) is 2.91. The van der Waals surface area contributed by atoms with E-state index >= 15 is 0 Å². The van der Waals surface area contributed by atoms with E-state index in [0.717, 1.165) is 5.56 Å². The number of Topliss-reactive ketones (excluding diaryl/α,β-unsaturated/α-hetero) is 1. The standard InChI is InChI=1S/C23H15ClO5/c1-27-19-5-3-2-4-15(19)12-21-22(25)18-11-10-17(13-20(18)29-21)28-23(26)14-6-8-16(24)9-7-14/h2-13H,1H3/b21-12-. The molecule has 0 saturated heterocycles. The lowest BCUT2D eigenvalue weighted by atomic mass is 10.1. The first-order valence-electron chi connectivity index (χ1n) is 8.74. The minimum Gasteiger partial charge on any atom is -0.496 e. The number of hydrogen-bond acceptors (Lipinski definition) is 5. The number of halogens is 1. The summed E-state index contributed by atoms with van der Waals surface area (Å²) < 4.78 is 16.4. The van der Waals surface area contributed by atoms with Crippen LogP contribution in [0.25, 0.3) is 6.08 Å². The van der Waals surface area contributed by atoms with Crippen LogP contribution in [0.2, 0.25) is 5.02 Å². The van der Waals surface area contributed by atoms with Crippen molar-refractivity contribution < 1.29 is 23.8 Å². The minimum absolute atomic E-state index is 0.172. The van der Waals surface area contributed by atoms with Crippen molar-refractivity contribution >= 4 is 29.4 Å². The zero-order chi connectivity index (χ0) is 20.4. The van der Waals surface area contributed by atoms with Gasteiger partial charge in [0.15, 0.2) is 5.76 Å². The van der Waals surface area contributed by atoms with E-state index < -0.39 is 5.97 Å². The summed E-state index contributed by atoms with van der Waals surface area (Å²) in [5, 5.41) is 0.528. The molecule has 0 bridgehead atoms. The van der Waals surface area contributed by atoms with Crippen molar-refractivity contribution in [1.29, 1.82) is 0 Å². The van der Waals surface area contributed by atoms with E-state index in [9.17, 15) is 9.59 Å². The third-order valence-corrected chi connectivity index (χ3v) is 4.61. The van der Waals surface area contributed by atoms with Crippen LogP contribution in [0.15, 0.2) is 72.5 Å². The smallest absolute Gasteiger partial charge is 0.343 e. The predicted molar refractivity (Wildman–Crippen MR) is 109 cm³/mol. The van der Waals surface area contributed by atoms with E-state index in [2.05, 4.69) is 0 Å². The first-order valence-corrected chi connectivity index (χ1v) is 9.12. The molecule has 0 unspecified atom stereocenters. The minimum atomic E-state index is -0.532. The van der Waals surface area contributed by atoms with Gasteiger partial charge in [0.25, 0.3) is 0 Å². The van der Waals surface area contributed by atoms with Crippen molar-refractivity contribution in [2.75, 3.05) is 7.11 Å². The highest BCUT2D eigenvalue weighted by Gasteiger charge is 2.28. The summed E-state index contributed by atoms with van der Waals surface area (Å²) in [6, 6.07) is 18.3. The molecule has 0 aliphatic carbocycles. The van der Waals surface area contributed by atoms with Crippen molar-refractivity contribution in [3.8, 4) is 17.2 Å². The third-order valence-electron chi connectivity index (χ3n) is 4.36. The van der Waals surface area contributed by atoms with Crippen molar-refractivity contribution in [1.82, 2.24) is 0 Å². The summed E-state index contributed by atoms with van der Waals surface area (Å²) in [6.07, 6.45) is 1.63. The fraction of sp³-hybridized carbons (Fsp3) is 0.0435. The Morgan fingerprint density at radius 2 is 1.79 bits per heavy atom. The Balaban J connectivity index is 1.56. The maximum Gasteiger partial charge on any atom is 0.343 e. The van der Waals surface area contributed by atoms with Crippen LogP contribution in [0.4, 0.5) is 0 Å². The Morgan fingerprint density at radius 1 is 1.03 bits per heavy atom. The SMILES string of the molecule is COc1ccccc1/C=C1\Oc2cc(OC(=O)c3ccc(Cl)cc3)ccc2C1=O. The largest absolute Gasteiger partial charge is 0.496 e. The van der Waals surface area contributed by atoms with Gasteiger partial charge in [0.1, 0.15) is 17.2 Å². The molecule has 0 amide bonds. The van der Waals surface area contributed by atoms with Gasteiger partial charge in [-0.2, -0.15) is 0 Å². The molecule has 29 heavy (non-hydrogen) atoms. The van der Waals surface area contributed by atoms with E-state index in [4.69, 9.17) is 25.8 Å². The summed E-state index contributed by atoms with van der Waals surface area (Å²) in [5.74, 6) is 0.625. The molecule has 0 radical (unpaired) electrons. The van der Waals surface area contributed by atoms with Crippen LogP contribution in [0.5, 0.6) is 17.2 Å². The molecular formula is C23H15ClO5. The Labute approximate surface area is 172 Å². The predicted octanol–water partition coefficient (Wildman–Crippen LogP) is 5.18. The molecule has 4 rings (SSSR count). The van der Waals surface area contributed by atoms with Crippen molar-refractivity contribution in [2.45, 2.75) is 0 Å². The van der Waals surface area contributed by atoms with Gasteiger partial charge in [-0.05, 0) is 48.5 Å². The molecule has 3 aromatic carbocycles. The monoisotopic (exact) mass is 406 g/mol. The van der Waals surface area contributed by atoms with Crippen molar-refractivity contribution in [3.63, 3.8) is 0 Å². The number of hydrogen-bond donors (Lipinski definition) is 0. The molecule has 0 atom stereocenters. The van der Waals surface area contributed by atoms with Gasteiger partial charge in [0, 0.05) is 16.7 Å². The van der Waals surface area contributed by atoms with Crippen LogP contribution in [-0.4, -0.2) is 18.9 Å². The fourth-order valence-corrected chi connectivity index (χ4v) is 3.04. The average Bonchev–Trinajstić information content (AvgIpc) is 3.03. The van der Waals surface area contributed by atoms with Gasteiger partial charge in [-0.3, -0.25) is 4.79 Å². The molecule has 1 aliphatic rings. The van der Waals surface area contributed by atoms with Gasteiger partial charge < -0.3 is 14.2 Å². The summed E-state index contributed by atoms with van der Waals surface area (Å²) in [5.41, 5.74) is 1.49. The molecule has 0 fully saturated rings. The summed E-state index contributed by atoms with van der Waals surface area (Å²) >= 11 is 5.83. The normalized spacial score (nSPS) is 13.7.